The maximum absolute atomic E-state index is 13.3. The van der Waals surface area contributed by atoms with Gasteiger partial charge in [-0.25, -0.2) is 0 Å². The van der Waals surface area contributed by atoms with Crippen molar-refractivity contribution in [2.45, 2.75) is 25.1 Å². The molecule has 0 atom stereocenters. The molecule has 0 unspecified atom stereocenters. The van der Waals surface area contributed by atoms with E-state index in [2.05, 4.69) is 22.2 Å². The second-order valence-corrected chi connectivity index (χ2v) is 11.3. The molecule has 2 fully saturated rings. The number of likely N-dealkylation sites (tertiary alicyclic amines) is 1. The first kappa shape index (κ1) is 29.9. The zero-order valence-corrected chi connectivity index (χ0v) is 24.0. The van der Waals surface area contributed by atoms with Crippen molar-refractivity contribution in [1.29, 1.82) is 0 Å². The van der Waals surface area contributed by atoms with Gasteiger partial charge in [0.15, 0.2) is 0 Å². The molecule has 0 spiro atoms. The van der Waals surface area contributed by atoms with Gasteiger partial charge in [-0.05, 0) is 58.2 Å². The van der Waals surface area contributed by atoms with Crippen molar-refractivity contribution in [3.05, 3.63) is 24.3 Å². The van der Waals surface area contributed by atoms with E-state index < -0.39 is 30.6 Å². The highest BCUT2D eigenvalue weighted by molar-refractivity contribution is 7.19. The maximum Gasteiger partial charge on any atom is 0.471 e. The number of piperazine rings is 1. The number of methoxy groups -OCH3 is 2. The second-order valence-electron chi connectivity index (χ2n) is 10.2. The fourth-order valence-electron chi connectivity index (χ4n) is 5.09. The fourth-order valence-corrected chi connectivity index (χ4v) is 6.03. The van der Waals surface area contributed by atoms with Gasteiger partial charge in [0.2, 0.25) is 5.91 Å². The van der Waals surface area contributed by atoms with E-state index in [1.165, 1.54) is 11.3 Å². The molecular formula is C27H36F3N5O4S. The number of thiophene rings is 1. The summed E-state index contributed by atoms with van der Waals surface area (Å²) < 4.78 is 51.4. The number of amides is 2. The van der Waals surface area contributed by atoms with Crippen LogP contribution >= 0.6 is 11.3 Å². The third kappa shape index (κ3) is 6.99. The maximum atomic E-state index is 13.3. The molecule has 2 aliphatic rings. The number of likely N-dealkylation sites (N-methyl/N-ethyl adjacent to an activating group) is 1. The number of ether oxygens (including phenoxy) is 2. The zero-order valence-electron chi connectivity index (χ0n) is 23.2. The highest BCUT2D eigenvalue weighted by Crippen LogP contribution is 2.43. The third-order valence-electron chi connectivity index (χ3n) is 7.43. The smallest absolute Gasteiger partial charge is 0.471 e. The number of anilines is 2. The van der Waals surface area contributed by atoms with Crippen LogP contribution in [0.2, 0.25) is 0 Å². The Balaban J connectivity index is 1.50. The van der Waals surface area contributed by atoms with Crippen molar-refractivity contribution in [1.82, 2.24) is 14.7 Å². The number of rotatable bonds is 8. The fraction of sp³-hybridized carbons (Fsp3) is 0.556. The molecule has 0 bridgehead atoms. The molecule has 2 aliphatic heterocycles. The number of carbonyl (C=O) groups excluding carboxylic acids is 2. The molecule has 9 nitrogen and oxygen atoms in total. The lowest BCUT2D eigenvalue weighted by molar-refractivity contribution is -0.188. The molecule has 220 valence electrons. The number of hydrogen-bond acceptors (Lipinski definition) is 8. The van der Waals surface area contributed by atoms with Gasteiger partial charge in [-0.1, -0.05) is 0 Å². The van der Waals surface area contributed by atoms with Crippen LogP contribution in [-0.2, 0) is 9.59 Å². The molecule has 2 amide bonds. The molecule has 1 N–H and O–H groups in total. The second kappa shape index (κ2) is 12.6. The number of benzene rings is 1. The van der Waals surface area contributed by atoms with E-state index in [9.17, 15) is 22.8 Å². The summed E-state index contributed by atoms with van der Waals surface area (Å²) in [5, 5.41) is 3.12. The lowest BCUT2D eigenvalue weighted by Crippen LogP contribution is -2.53. The third-order valence-corrected chi connectivity index (χ3v) is 8.46. The van der Waals surface area contributed by atoms with Gasteiger partial charge in [0, 0.05) is 48.7 Å². The minimum atomic E-state index is -5.05. The summed E-state index contributed by atoms with van der Waals surface area (Å²) in [5.74, 6) is -1.33. The molecule has 0 aliphatic carbocycles. The Bertz CT molecular complexity index is 1190. The Morgan fingerprint density at radius 1 is 0.975 bits per heavy atom. The molecule has 2 saturated heterocycles. The van der Waals surface area contributed by atoms with E-state index in [4.69, 9.17) is 9.47 Å². The van der Waals surface area contributed by atoms with Crippen molar-refractivity contribution in [2.24, 2.45) is 0 Å². The predicted molar refractivity (Wildman–Crippen MR) is 149 cm³/mol. The van der Waals surface area contributed by atoms with Gasteiger partial charge in [-0.15, -0.1) is 11.3 Å². The van der Waals surface area contributed by atoms with E-state index >= 15 is 0 Å². The highest BCUT2D eigenvalue weighted by atomic mass is 32.1. The Labute approximate surface area is 236 Å². The van der Waals surface area contributed by atoms with Gasteiger partial charge < -0.3 is 34.4 Å². The van der Waals surface area contributed by atoms with E-state index in [0.717, 1.165) is 42.3 Å². The summed E-state index contributed by atoms with van der Waals surface area (Å²) in [7, 11) is 7.16. The molecule has 0 saturated carbocycles. The van der Waals surface area contributed by atoms with Crippen LogP contribution in [0.1, 0.15) is 12.8 Å². The number of nitrogens with zero attached hydrogens (tertiary/aromatic N) is 4. The van der Waals surface area contributed by atoms with Crippen LogP contribution in [0.25, 0.3) is 10.4 Å². The van der Waals surface area contributed by atoms with Crippen LogP contribution in [0, 0.1) is 0 Å². The minimum Gasteiger partial charge on any atom is -0.496 e. The number of alkyl halides is 3. The Morgan fingerprint density at radius 3 is 2.20 bits per heavy atom. The van der Waals surface area contributed by atoms with Crippen molar-refractivity contribution in [2.75, 3.05) is 84.3 Å². The van der Waals surface area contributed by atoms with Crippen molar-refractivity contribution in [3.63, 3.8) is 0 Å². The van der Waals surface area contributed by atoms with Crippen LogP contribution < -0.4 is 19.7 Å². The molecule has 40 heavy (non-hydrogen) atoms. The summed E-state index contributed by atoms with van der Waals surface area (Å²) >= 11 is 1.26. The Kier molecular flexibility index (Phi) is 9.47. The first-order valence-corrected chi connectivity index (χ1v) is 14.0. The van der Waals surface area contributed by atoms with Crippen molar-refractivity contribution < 1.29 is 32.2 Å². The van der Waals surface area contributed by atoms with E-state index in [1.807, 2.05) is 30.1 Å². The van der Waals surface area contributed by atoms with Gasteiger partial charge in [-0.2, -0.15) is 13.2 Å². The first-order chi connectivity index (χ1) is 19.0. The lowest BCUT2D eigenvalue weighted by Gasteiger charge is -2.37. The molecule has 1 aromatic carbocycles. The molecule has 0 radical (unpaired) electrons. The molecule has 13 heteroatoms. The zero-order chi connectivity index (χ0) is 29.0. The van der Waals surface area contributed by atoms with Gasteiger partial charge in [-0.3, -0.25) is 9.59 Å². The average Bonchev–Trinajstić information content (AvgIpc) is 3.39. The molecule has 2 aromatic rings. The summed E-state index contributed by atoms with van der Waals surface area (Å²) in [5.41, 5.74) is 1.70. The van der Waals surface area contributed by atoms with E-state index in [0.29, 0.717) is 47.3 Å². The van der Waals surface area contributed by atoms with Gasteiger partial charge >= 0.3 is 12.1 Å². The summed E-state index contributed by atoms with van der Waals surface area (Å²) in [4.78, 5) is 33.0. The SMILES string of the molecule is COc1cc(N2CCN(C)CC2)c(OC)cc1-c1ccc(NC(=O)CN(C(=O)C(F)(F)F)C2CCN(C)CC2)s1. The number of nitrogens with one attached hydrogen (secondary N) is 1. The highest BCUT2D eigenvalue weighted by Gasteiger charge is 2.45. The van der Waals surface area contributed by atoms with Crippen LogP contribution in [0.5, 0.6) is 11.5 Å². The Hall–Kier alpha value is -3.03. The molecule has 3 heterocycles. The van der Waals surface area contributed by atoms with Crippen LogP contribution in [0.4, 0.5) is 23.9 Å². The number of hydrogen-bond donors (Lipinski definition) is 1. The number of halogens is 3. The van der Waals surface area contributed by atoms with Crippen molar-refractivity contribution >= 4 is 33.8 Å². The van der Waals surface area contributed by atoms with Gasteiger partial charge in [0.1, 0.15) is 18.0 Å². The normalized spacial score (nSPS) is 17.5. The monoisotopic (exact) mass is 583 g/mol. The standard InChI is InChI=1S/C27H36F3N5O4S/c1-32-9-7-18(8-10-32)35(26(37)27(28,29)30)17-24(36)31-25-6-5-23(40-25)19-15-22(39-4)20(16-21(19)38-3)34-13-11-33(2)12-14-34/h5-6,15-16,18H,7-14,17H2,1-4H3,(H,31,36). The topological polar surface area (TPSA) is 77.6 Å². The quantitative estimate of drug-likeness (QED) is 0.509. The molecule has 4 rings (SSSR count). The number of carbonyl (C=O) groups is 2. The summed E-state index contributed by atoms with van der Waals surface area (Å²) in [6, 6.07) is 6.69. The van der Waals surface area contributed by atoms with Crippen molar-refractivity contribution in [3.8, 4) is 21.9 Å². The van der Waals surface area contributed by atoms with Crippen LogP contribution in [0.15, 0.2) is 24.3 Å². The van der Waals surface area contributed by atoms with E-state index in [1.54, 1.807) is 20.3 Å². The predicted octanol–water partition coefficient (Wildman–Crippen LogP) is 3.61. The van der Waals surface area contributed by atoms with Crippen LogP contribution in [-0.4, -0.2) is 113 Å². The van der Waals surface area contributed by atoms with Gasteiger partial charge in [0.05, 0.1) is 24.9 Å². The molecule has 1 aromatic heterocycles. The van der Waals surface area contributed by atoms with Crippen LogP contribution in [0.3, 0.4) is 0 Å². The van der Waals surface area contributed by atoms with E-state index in [-0.39, 0.29) is 0 Å². The Morgan fingerprint density at radius 2 is 1.60 bits per heavy atom. The first-order valence-electron chi connectivity index (χ1n) is 13.2. The summed E-state index contributed by atoms with van der Waals surface area (Å²) in [6.07, 6.45) is -4.30. The summed E-state index contributed by atoms with van der Waals surface area (Å²) in [6.45, 7) is 4.03. The largest absolute Gasteiger partial charge is 0.496 e. The van der Waals surface area contributed by atoms with Gasteiger partial charge in [0.25, 0.3) is 0 Å². The minimum absolute atomic E-state index is 0.375. The molecular weight excluding hydrogens is 547 g/mol. The lowest BCUT2D eigenvalue weighted by atomic mass is 10.0. The number of piperidine rings is 1. The average molecular weight is 584 g/mol.